The molecule has 0 unspecified atom stereocenters. The van der Waals surface area contributed by atoms with Gasteiger partial charge in [-0.3, -0.25) is 9.78 Å². The van der Waals surface area contributed by atoms with Crippen molar-refractivity contribution in [1.82, 2.24) is 10.3 Å². The summed E-state index contributed by atoms with van der Waals surface area (Å²) in [6, 6.07) is 12.5. The number of pyridine rings is 1. The molecule has 5 heteroatoms. The molecule has 0 spiro atoms. The Kier molecular flexibility index (Phi) is 4.48. The van der Waals surface area contributed by atoms with Gasteiger partial charge < -0.3 is 10.4 Å². The van der Waals surface area contributed by atoms with Crippen molar-refractivity contribution in [3.05, 3.63) is 77.1 Å². The van der Waals surface area contributed by atoms with E-state index in [4.69, 9.17) is 5.11 Å². The Morgan fingerprint density at radius 2 is 1.92 bits per heavy atom. The Bertz CT molecular complexity index is 961. The average molecular weight is 334 g/mol. The first kappa shape index (κ1) is 16.6. The molecule has 0 bridgehead atoms. The minimum atomic E-state index is -1.07. The summed E-state index contributed by atoms with van der Waals surface area (Å²) in [5, 5.41) is 13.0. The molecule has 3 rings (SSSR count). The lowest BCUT2D eigenvalue weighted by Crippen LogP contribution is -2.24. The lowest BCUT2D eigenvalue weighted by Gasteiger charge is -2.14. The maximum Gasteiger partial charge on any atom is 0.405 e. The summed E-state index contributed by atoms with van der Waals surface area (Å²) in [4.78, 5) is 27.9. The van der Waals surface area contributed by atoms with Gasteiger partial charge in [0.15, 0.2) is 5.78 Å². The number of hydrogen-bond acceptors (Lipinski definition) is 3. The lowest BCUT2D eigenvalue weighted by atomic mass is 9.93. The first-order valence-electron chi connectivity index (χ1n) is 7.95. The Balaban J connectivity index is 1.98. The van der Waals surface area contributed by atoms with E-state index in [0.717, 1.165) is 21.9 Å². The van der Waals surface area contributed by atoms with Crippen molar-refractivity contribution in [2.75, 3.05) is 0 Å². The van der Waals surface area contributed by atoms with E-state index in [0.29, 0.717) is 11.1 Å². The van der Waals surface area contributed by atoms with Gasteiger partial charge in [-0.15, -0.1) is 0 Å². The van der Waals surface area contributed by atoms with E-state index in [1.165, 1.54) is 0 Å². The molecule has 0 fully saturated rings. The Morgan fingerprint density at radius 1 is 1.12 bits per heavy atom. The molecule has 1 heterocycles. The summed E-state index contributed by atoms with van der Waals surface area (Å²) < 4.78 is 0. The van der Waals surface area contributed by atoms with E-state index in [9.17, 15) is 9.59 Å². The minimum Gasteiger partial charge on any atom is -0.465 e. The van der Waals surface area contributed by atoms with Crippen LogP contribution in [0.5, 0.6) is 0 Å². The van der Waals surface area contributed by atoms with Gasteiger partial charge in [-0.05, 0) is 36.4 Å². The number of carbonyl (C=O) groups is 2. The van der Waals surface area contributed by atoms with Crippen molar-refractivity contribution >= 4 is 22.6 Å². The van der Waals surface area contributed by atoms with Crippen LogP contribution in [0.25, 0.3) is 10.8 Å². The van der Waals surface area contributed by atoms with Gasteiger partial charge in [0.1, 0.15) is 0 Å². The van der Waals surface area contributed by atoms with Crippen LogP contribution < -0.4 is 5.32 Å². The number of carbonyl (C=O) groups excluding carboxylic acids is 1. The molecule has 2 N–H and O–H groups in total. The first-order valence-corrected chi connectivity index (χ1v) is 7.95. The molecule has 25 heavy (non-hydrogen) atoms. The Morgan fingerprint density at radius 3 is 2.64 bits per heavy atom. The van der Waals surface area contributed by atoms with Crippen molar-refractivity contribution in [1.29, 1.82) is 0 Å². The standard InChI is InChI=1S/C20H18N2O3/c1-12-10-14(13(2)22-20(24)25)6-7-16(12)19(23)18-5-3-4-15-11-21-9-8-17(15)18/h3-11,13,22H,1-2H3,(H,24,25)/t13-/m1/s1. The van der Waals surface area contributed by atoms with Gasteiger partial charge in [0.25, 0.3) is 0 Å². The van der Waals surface area contributed by atoms with Gasteiger partial charge in [0.2, 0.25) is 0 Å². The SMILES string of the molecule is Cc1cc([C@@H](C)NC(=O)O)ccc1C(=O)c1cccc2cnccc12. The third kappa shape index (κ3) is 3.35. The number of carboxylic acid groups (broad SMARTS) is 1. The largest absolute Gasteiger partial charge is 0.465 e. The van der Waals surface area contributed by atoms with Crippen LogP contribution in [0, 0.1) is 6.92 Å². The van der Waals surface area contributed by atoms with Crippen LogP contribution in [-0.4, -0.2) is 22.0 Å². The van der Waals surface area contributed by atoms with Gasteiger partial charge >= 0.3 is 6.09 Å². The lowest BCUT2D eigenvalue weighted by molar-refractivity contribution is 0.103. The number of rotatable bonds is 4. The molecule has 2 aromatic carbocycles. The van der Waals surface area contributed by atoms with Crippen molar-refractivity contribution < 1.29 is 14.7 Å². The molecule has 0 aliphatic rings. The minimum absolute atomic E-state index is 0.0558. The number of nitrogens with one attached hydrogen (secondary N) is 1. The topological polar surface area (TPSA) is 79.3 Å². The third-order valence-corrected chi connectivity index (χ3v) is 4.26. The molecule has 1 atom stereocenters. The fourth-order valence-electron chi connectivity index (χ4n) is 2.95. The average Bonchev–Trinajstić information content (AvgIpc) is 2.60. The molecule has 1 amide bonds. The van der Waals surface area contributed by atoms with Gasteiger partial charge in [-0.2, -0.15) is 0 Å². The summed E-state index contributed by atoms with van der Waals surface area (Å²) >= 11 is 0. The number of aryl methyl sites for hydroxylation is 1. The highest BCUT2D eigenvalue weighted by atomic mass is 16.4. The molecule has 126 valence electrons. The zero-order valence-corrected chi connectivity index (χ0v) is 14.0. The van der Waals surface area contributed by atoms with E-state index >= 15 is 0 Å². The van der Waals surface area contributed by atoms with E-state index < -0.39 is 6.09 Å². The molecular formula is C20H18N2O3. The van der Waals surface area contributed by atoms with Crippen molar-refractivity contribution in [3.8, 4) is 0 Å². The number of nitrogens with zero attached hydrogens (tertiary/aromatic N) is 1. The van der Waals surface area contributed by atoms with Crippen LogP contribution in [-0.2, 0) is 0 Å². The molecule has 3 aromatic rings. The van der Waals surface area contributed by atoms with Gasteiger partial charge in [0.05, 0.1) is 6.04 Å². The summed E-state index contributed by atoms with van der Waals surface area (Å²) in [6.45, 7) is 3.62. The first-order chi connectivity index (χ1) is 12.0. The number of fused-ring (bicyclic) bond motifs is 1. The molecule has 0 aliphatic carbocycles. The molecule has 0 aliphatic heterocycles. The van der Waals surface area contributed by atoms with E-state index in [1.807, 2.05) is 37.3 Å². The Labute approximate surface area is 145 Å². The molecular weight excluding hydrogens is 316 g/mol. The second kappa shape index (κ2) is 6.73. The van der Waals surface area contributed by atoms with Crippen LogP contribution in [0.3, 0.4) is 0 Å². The van der Waals surface area contributed by atoms with Gasteiger partial charge in [-0.1, -0.05) is 36.4 Å². The monoisotopic (exact) mass is 334 g/mol. The van der Waals surface area contributed by atoms with Crippen LogP contribution in [0.1, 0.15) is 40.0 Å². The number of aromatic nitrogens is 1. The van der Waals surface area contributed by atoms with Crippen LogP contribution in [0.2, 0.25) is 0 Å². The van der Waals surface area contributed by atoms with E-state index in [1.54, 1.807) is 31.5 Å². The van der Waals surface area contributed by atoms with Gasteiger partial charge in [0, 0.05) is 28.9 Å². The predicted molar refractivity (Wildman–Crippen MR) is 95.9 cm³/mol. The highest BCUT2D eigenvalue weighted by Crippen LogP contribution is 2.24. The predicted octanol–water partition coefficient (Wildman–Crippen LogP) is 4.10. The molecule has 1 aromatic heterocycles. The second-order valence-electron chi connectivity index (χ2n) is 5.98. The fraction of sp³-hybridized carbons (Fsp3) is 0.150. The van der Waals surface area contributed by atoms with Crippen LogP contribution in [0.4, 0.5) is 4.79 Å². The van der Waals surface area contributed by atoms with Crippen LogP contribution in [0.15, 0.2) is 54.9 Å². The van der Waals surface area contributed by atoms with Crippen molar-refractivity contribution in [2.45, 2.75) is 19.9 Å². The normalized spacial score (nSPS) is 11.9. The second-order valence-corrected chi connectivity index (χ2v) is 5.98. The maximum absolute atomic E-state index is 13.0. The number of ketones is 1. The van der Waals surface area contributed by atoms with E-state index in [2.05, 4.69) is 10.3 Å². The summed E-state index contributed by atoms with van der Waals surface area (Å²) in [7, 11) is 0. The highest BCUT2D eigenvalue weighted by Gasteiger charge is 2.16. The molecule has 0 radical (unpaired) electrons. The van der Waals surface area contributed by atoms with E-state index in [-0.39, 0.29) is 11.8 Å². The number of benzene rings is 2. The molecule has 5 nitrogen and oxygen atoms in total. The summed E-state index contributed by atoms with van der Waals surface area (Å²) in [6.07, 6.45) is 2.34. The summed E-state index contributed by atoms with van der Waals surface area (Å²) in [5.74, 6) is -0.0558. The highest BCUT2D eigenvalue weighted by molar-refractivity contribution is 6.16. The number of hydrogen-bond donors (Lipinski definition) is 2. The maximum atomic E-state index is 13.0. The zero-order valence-electron chi connectivity index (χ0n) is 14.0. The zero-order chi connectivity index (χ0) is 18.0. The third-order valence-electron chi connectivity index (χ3n) is 4.26. The fourth-order valence-corrected chi connectivity index (χ4v) is 2.95. The Hall–Kier alpha value is -3.21. The quantitative estimate of drug-likeness (QED) is 0.704. The summed E-state index contributed by atoms with van der Waals surface area (Å²) in [5.41, 5.74) is 2.87. The molecule has 0 saturated carbocycles. The van der Waals surface area contributed by atoms with Crippen molar-refractivity contribution in [3.63, 3.8) is 0 Å². The van der Waals surface area contributed by atoms with Crippen LogP contribution >= 0.6 is 0 Å². The van der Waals surface area contributed by atoms with Gasteiger partial charge in [-0.25, -0.2) is 4.79 Å². The number of amides is 1. The smallest absolute Gasteiger partial charge is 0.405 e. The van der Waals surface area contributed by atoms with Crippen molar-refractivity contribution in [2.24, 2.45) is 0 Å². The molecule has 0 saturated heterocycles.